The van der Waals surface area contributed by atoms with Crippen molar-refractivity contribution in [3.8, 4) is 11.5 Å². The lowest BCUT2D eigenvalue weighted by atomic mass is 10.2. The van der Waals surface area contributed by atoms with Crippen LogP contribution in [0.15, 0.2) is 36.4 Å². The number of ether oxygens (including phenoxy) is 1. The maximum atomic E-state index is 10.4. The number of aromatic hydroxyl groups is 1. The highest BCUT2D eigenvalue weighted by Gasteiger charge is 2.14. The van der Waals surface area contributed by atoms with Crippen LogP contribution < -0.4 is 4.74 Å². The molecule has 0 aliphatic carbocycles. The molecule has 2 aromatic rings. The summed E-state index contributed by atoms with van der Waals surface area (Å²) in [6.45, 7) is 0. The average Bonchev–Trinajstić information content (AvgIpc) is 2.60. The molecule has 0 fully saturated rings. The van der Waals surface area contributed by atoms with Gasteiger partial charge in [-0.2, -0.15) is 0 Å². The maximum absolute atomic E-state index is 10.4. The molecular weight excluding hydrogens is 336 g/mol. The van der Waals surface area contributed by atoms with Crippen molar-refractivity contribution >= 4 is 23.9 Å². The van der Waals surface area contributed by atoms with Crippen molar-refractivity contribution in [1.82, 2.24) is 0 Å². The molecular formula is C15H12N2O8. The topological polar surface area (TPSA) is 150 Å². The molecule has 0 aliphatic heterocycles. The van der Waals surface area contributed by atoms with Crippen LogP contribution >= 0.6 is 0 Å². The Morgan fingerprint density at radius 3 is 1.80 bits per heavy atom. The third kappa shape index (κ3) is 5.10. The molecule has 0 heterocycles. The Hall–Kier alpha value is -3.82. The number of phenolic OH excluding ortho intramolecular Hbond substituents is 1. The second kappa shape index (κ2) is 8.72. The first-order valence-corrected chi connectivity index (χ1v) is 6.54. The minimum atomic E-state index is -0.718. The van der Waals surface area contributed by atoms with Crippen LogP contribution in [0.25, 0.3) is 0 Å². The number of benzene rings is 2. The summed E-state index contributed by atoms with van der Waals surface area (Å²) in [5.41, 5.74) is 0.00856. The molecule has 1 N–H and O–H groups in total. The molecule has 2 aromatic carbocycles. The van der Waals surface area contributed by atoms with Crippen molar-refractivity contribution in [2.45, 2.75) is 0 Å². The van der Waals surface area contributed by atoms with Crippen molar-refractivity contribution in [2.24, 2.45) is 0 Å². The van der Waals surface area contributed by atoms with E-state index in [1.165, 1.54) is 31.4 Å². The largest absolute Gasteiger partial charge is 0.502 e. The molecule has 2 rings (SSSR count). The molecule has 0 aliphatic rings. The smallest absolute Gasteiger partial charge is 0.310 e. The SMILES string of the molecule is COc1cc(C=O)ccc1[N+](=O)[O-].O=Cc1ccc([N+](=O)[O-])c(O)c1. The van der Waals surface area contributed by atoms with Gasteiger partial charge in [-0.1, -0.05) is 0 Å². The van der Waals surface area contributed by atoms with E-state index in [9.17, 15) is 29.8 Å². The standard InChI is InChI=1S/C8H7NO4.C7H5NO4/c1-13-8-4-6(5-10)2-3-7(8)9(11)12;9-4-5-1-2-6(8(11)12)7(10)3-5/h2-5H,1H3;1-4,10H. The molecule has 130 valence electrons. The van der Waals surface area contributed by atoms with Crippen molar-refractivity contribution < 1.29 is 29.3 Å². The summed E-state index contributed by atoms with van der Waals surface area (Å²) in [5, 5.41) is 29.6. The van der Waals surface area contributed by atoms with Gasteiger partial charge in [0.15, 0.2) is 11.5 Å². The third-order valence-corrected chi connectivity index (χ3v) is 2.87. The minimum Gasteiger partial charge on any atom is -0.502 e. The summed E-state index contributed by atoms with van der Waals surface area (Å²) >= 11 is 0. The fourth-order valence-corrected chi connectivity index (χ4v) is 1.69. The highest BCUT2D eigenvalue weighted by atomic mass is 16.6. The van der Waals surface area contributed by atoms with Crippen molar-refractivity contribution in [1.29, 1.82) is 0 Å². The van der Waals surface area contributed by atoms with Crippen LogP contribution in [-0.2, 0) is 0 Å². The van der Waals surface area contributed by atoms with E-state index in [1.807, 2.05) is 0 Å². The lowest BCUT2D eigenvalue weighted by molar-refractivity contribution is -0.386. The molecule has 10 nitrogen and oxygen atoms in total. The van der Waals surface area contributed by atoms with Crippen LogP contribution in [0.2, 0.25) is 0 Å². The van der Waals surface area contributed by atoms with Crippen LogP contribution in [0.1, 0.15) is 20.7 Å². The number of nitro benzene ring substituents is 2. The molecule has 25 heavy (non-hydrogen) atoms. The van der Waals surface area contributed by atoms with Gasteiger partial charge in [0, 0.05) is 23.3 Å². The second-order valence-corrected chi connectivity index (χ2v) is 4.43. The number of nitro groups is 2. The number of hydrogen-bond acceptors (Lipinski definition) is 8. The summed E-state index contributed by atoms with van der Waals surface area (Å²) in [6, 6.07) is 7.33. The fraction of sp³-hybridized carbons (Fsp3) is 0.0667. The Morgan fingerprint density at radius 1 is 0.920 bits per heavy atom. The zero-order valence-corrected chi connectivity index (χ0v) is 12.8. The van der Waals surface area contributed by atoms with Crippen LogP contribution in [0.5, 0.6) is 11.5 Å². The number of hydrogen-bond donors (Lipinski definition) is 1. The number of carbonyl (C=O) groups excluding carboxylic acids is 2. The van der Waals surface area contributed by atoms with Crippen molar-refractivity contribution in [3.63, 3.8) is 0 Å². The molecule has 0 unspecified atom stereocenters. The van der Waals surface area contributed by atoms with E-state index in [-0.39, 0.29) is 17.0 Å². The highest BCUT2D eigenvalue weighted by molar-refractivity contribution is 5.77. The average molecular weight is 348 g/mol. The molecule has 10 heteroatoms. The number of aldehydes is 2. The fourth-order valence-electron chi connectivity index (χ4n) is 1.69. The van der Waals surface area contributed by atoms with Crippen LogP contribution in [0, 0.1) is 20.2 Å². The van der Waals surface area contributed by atoms with Crippen LogP contribution in [0.4, 0.5) is 11.4 Å². The summed E-state index contributed by atoms with van der Waals surface area (Å²) in [5.74, 6) is -0.404. The first-order chi connectivity index (χ1) is 11.8. The lowest BCUT2D eigenvalue weighted by Gasteiger charge is -2.00. The van der Waals surface area contributed by atoms with Gasteiger partial charge in [-0.3, -0.25) is 29.8 Å². The quantitative estimate of drug-likeness (QED) is 0.492. The number of phenols is 1. The van der Waals surface area contributed by atoms with Crippen LogP contribution in [-0.4, -0.2) is 34.6 Å². The van der Waals surface area contributed by atoms with Crippen molar-refractivity contribution in [3.05, 3.63) is 67.8 Å². The third-order valence-electron chi connectivity index (χ3n) is 2.87. The lowest BCUT2D eigenvalue weighted by Crippen LogP contribution is -1.94. The van der Waals surface area contributed by atoms with Gasteiger partial charge in [-0.15, -0.1) is 0 Å². The molecule has 0 aromatic heterocycles. The molecule has 0 atom stereocenters. The van der Waals surface area contributed by atoms with E-state index in [2.05, 4.69) is 0 Å². The molecule has 0 spiro atoms. The Balaban J connectivity index is 0.000000251. The monoisotopic (exact) mass is 348 g/mol. The second-order valence-electron chi connectivity index (χ2n) is 4.43. The Morgan fingerprint density at radius 2 is 1.40 bits per heavy atom. The van der Waals surface area contributed by atoms with E-state index in [1.54, 1.807) is 0 Å². The van der Waals surface area contributed by atoms with Gasteiger partial charge >= 0.3 is 11.4 Å². The van der Waals surface area contributed by atoms with Gasteiger partial charge in [0.25, 0.3) is 0 Å². The Labute approximate surface area is 140 Å². The predicted octanol–water partition coefficient (Wildman–Crippen LogP) is 2.53. The first-order valence-electron chi connectivity index (χ1n) is 6.54. The van der Waals surface area contributed by atoms with Gasteiger partial charge in [0.05, 0.1) is 17.0 Å². The molecule has 0 radical (unpaired) electrons. The van der Waals surface area contributed by atoms with Crippen LogP contribution in [0.3, 0.4) is 0 Å². The Kier molecular flexibility index (Phi) is 6.71. The molecule has 0 bridgehead atoms. The van der Waals surface area contributed by atoms with Gasteiger partial charge in [-0.05, 0) is 24.3 Å². The zero-order valence-electron chi connectivity index (χ0n) is 12.8. The summed E-state index contributed by atoms with van der Waals surface area (Å²) in [6.07, 6.45) is 1.11. The first kappa shape index (κ1) is 19.2. The van der Waals surface area contributed by atoms with Gasteiger partial charge < -0.3 is 9.84 Å². The zero-order chi connectivity index (χ0) is 19.0. The van der Waals surface area contributed by atoms with Gasteiger partial charge in [0.1, 0.15) is 12.6 Å². The predicted molar refractivity (Wildman–Crippen MR) is 85.2 cm³/mol. The summed E-state index contributed by atoms with van der Waals surface area (Å²) in [7, 11) is 1.32. The summed E-state index contributed by atoms with van der Waals surface area (Å²) < 4.78 is 4.75. The molecule has 0 saturated heterocycles. The van der Waals surface area contributed by atoms with Gasteiger partial charge in [0.2, 0.25) is 0 Å². The van der Waals surface area contributed by atoms with E-state index in [4.69, 9.17) is 9.84 Å². The van der Waals surface area contributed by atoms with E-state index < -0.39 is 21.3 Å². The number of nitrogens with zero attached hydrogens (tertiary/aromatic N) is 2. The Bertz CT molecular complexity index is 819. The normalized spacial score (nSPS) is 9.32. The van der Waals surface area contributed by atoms with E-state index >= 15 is 0 Å². The number of methoxy groups -OCH3 is 1. The number of rotatable bonds is 5. The molecule has 0 amide bonds. The minimum absolute atomic E-state index is 0.0922. The molecule has 0 saturated carbocycles. The van der Waals surface area contributed by atoms with E-state index in [0.29, 0.717) is 18.1 Å². The summed E-state index contributed by atoms with van der Waals surface area (Å²) in [4.78, 5) is 39.8. The van der Waals surface area contributed by atoms with Crippen molar-refractivity contribution in [2.75, 3.05) is 7.11 Å². The maximum Gasteiger partial charge on any atom is 0.310 e. The highest BCUT2D eigenvalue weighted by Crippen LogP contribution is 2.27. The number of carbonyl (C=O) groups is 2. The van der Waals surface area contributed by atoms with Gasteiger partial charge in [-0.25, -0.2) is 0 Å². The van der Waals surface area contributed by atoms with E-state index in [0.717, 1.165) is 12.1 Å².